The van der Waals surface area contributed by atoms with Gasteiger partial charge in [-0.15, -0.1) is 0 Å². The zero-order valence-corrected chi connectivity index (χ0v) is 13.9. The summed E-state index contributed by atoms with van der Waals surface area (Å²) in [5.74, 6) is 0.421. The highest BCUT2D eigenvalue weighted by Gasteiger charge is 1.95. The molecule has 1 rings (SSSR count). The van der Waals surface area contributed by atoms with Gasteiger partial charge in [0.15, 0.2) is 0 Å². The molecule has 2 heteroatoms. The third-order valence-electron chi connectivity index (χ3n) is 3.04. The SMILES string of the molecule is CC(C)=CCC/C(C)=C/CO.CCCc1ccccc1O. The zero-order chi connectivity index (χ0) is 16.1. The van der Waals surface area contributed by atoms with E-state index >= 15 is 0 Å². The van der Waals surface area contributed by atoms with Gasteiger partial charge in [-0.05, 0) is 51.7 Å². The van der Waals surface area contributed by atoms with Crippen LogP contribution in [0.3, 0.4) is 0 Å². The Labute approximate surface area is 129 Å². The van der Waals surface area contributed by atoms with Crippen LogP contribution in [0, 0.1) is 0 Å². The number of aryl methyl sites for hydroxylation is 1. The number of allylic oxidation sites excluding steroid dienone is 3. The van der Waals surface area contributed by atoms with E-state index in [9.17, 15) is 5.11 Å². The van der Waals surface area contributed by atoms with Crippen LogP contribution in [0.25, 0.3) is 0 Å². The Morgan fingerprint density at radius 3 is 2.29 bits per heavy atom. The summed E-state index contributed by atoms with van der Waals surface area (Å²) >= 11 is 0. The van der Waals surface area contributed by atoms with Crippen molar-refractivity contribution in [1.82, 2.24) is 0 Å². The van der Waals surface area contributed by atoms with Crippen molar-refractivity contribution in [3.05, 3.63) is 53.1 Å². The summed E-state index contributed by atoms with van der Waals surface area (Å²) in [5, 5.41) is 17.8. The number of hydrogen-bond donors (Lipinski definition) is 2. The Morgan fingerprint density at radius 1 is 1.10 bits per heavy atom. The average molecular weight is 290 g/mol. The van der Waals surface area contributed by atoms with Crippen LogP contribution in [0.1, 0.15) is 52.5 Å². The Bertz CT molecular complexity index is 441. The molecule has 21 heavy (non-hydrogen) atoms. The van der Waals surface area contributed by atoms with Crippen molar-refractivity contribution >= 4 is 0 Å². The molecule has 0 fully saturated rings. The summed E-state index contributed by atoms with van der Waals surface area (Å²) < 4.78 is 0. The lowest BCUT2D eigenvalue weighted by Gasteiger charge is -1.99. The van der Waals surface area contributed by atoms with Gasteiger partial charge in [-0.2, -0.15) is 0 Å². The molecule has 0 aliphatic heterocycles. The first kappa shape index (κ1) is 19.5. The molecular weight excluding hydrogens is 260 g/mol. The summed E-state index contributed by atoms with van der Waals surface area (Å²) in [5.41, 5.74) is 3.68. The smallest absolute Gasteiger partial charge is 0.118 e. The van der Waals surface area contributed by atoms with E-state index in [4.69, 9.17) is 5.11 Å². The minimum absolute atomic E-state index is 0.167. The Morgan fingerprint density at radius 2 is 1.76 bits per heavy atom. The van der Waals surface area contributed by atoms with Crippen molar-refractivity contribution in [2.24, 2.45) is 0 Å². The fourth-order valence-electron chi connectivity index (χ4n) is 1.84. The number of rotatable bonds is 6. The molecule has 0 radical (unpaired) electrons. The largest absolute Gasteiger partial charge is 0.508 e. The lowest BCUT2D eigenvalue weighted by atomic mass is 10.1. The molecule has 0 aliphatic rings. The average Bonchev–Trinajstić information content (AvgIpc) is 2.42. The van der Waals surface area contributed by atoms with E-state index in [1.54, 1.807) is 6.07 Å². The van der Waals surface area contributed by atoms with Gasteiger partial charge in [-0.1, -0.05) is 54.8 Å². The van der Waals surface area contributed by atoms with Gasteiger partial charge in [-0.3, -0.25) is 0 Å². The van der Waals surface area contributed by atoms with E-state index in [1.165, 1.54) is 11.1 Å². The number of aliphatic hydroxyl groups excluding tert-OH is 1. The second kappa shape index (κ2) is 12.2. The van der Waals surface area contributed by atoms with E-state index in [1.807, 2.05) is 24.3 Å². The van der Waals surface area contributed by atoms with Gasteiger partial charge < -0.3 is 10.2 Å². The Kier molecular flexibility index (Phi) is 11.3. The topological polar surface area (TPSA) is 40.5 Å². The molecule has 0 atom stereocenters. The van der Waals surface area contributed by atoms with Crippen LogP contribution in [0.2, 0.25) is 0 Å². The number of phenolic OH excluding ortho intramolecular Hbond substituents is 1. The molecule has 0 bridgehead atoms. The van der Waals surface area contributed by atoms with Crippen LogP contribution in [0.15, 0.2) is 47.6 Å². The van der Waals surface area contributed by atoms with Crippen molar-refractivity contribution in [2.45, 2.75) is 53.4 Å². The van der Waals surface area contributed by atoms with Crippen molar-refractivity contribution in [1.29, 1.82) is 0 Å². The van der Waals surface area contributed by atoms with Gasteiger partial charge in [0, 0.05) is 0 Å². The molecular formula is C19H30O2. The predicted molar refractivity (Wildman–Crippen MR) is 91.6 cm³/mol. The number of hydrogen-bond acceptors (Lipinski definition) is 2. The lowest BCUT2D eigenvalue weighted by molar-refractivity contribution is 0.341. The number of aliphatic hydroxyl groups is 1. The third kappa shape index (κ3) is 10.9. The summed E-state index contributed by atoms with van der Waals surface area (Å²) in [6.07, 6.45) is 8.27. The van der Waals surface area contributed by atoms with E-state index in [0.29, 0.717) is 5.75 Å². The van der Waals surface area contributed by atoms with Crippen LogP contribution in [0.5, 0.6) is 5.75 Å². The summed E-state index contributed by atoms with van der Waals surface area (Å²) in [6.45, 7) is 8.53. The normalized spacial score (nSPS) is 10.6. The maximum Gasteiger partial charge on any atom is 0.118 e. The molecule has 0 amide bonds. The minimum atomic E-state index is 0.167. The van der Waals surface area contributed by atoms with E-state index in [2.05, 4.69) is 33.8 Å². The number of para-hydroxylation sites is 1. The standard InChI is InChI=1S/C10H18O.C9H12O/c1-9(2)5-4-6-10(3)7-8-11;1-2-5-8-6-3-4-7-9(8)10/h5,7,11H,4,6,8H2,1-3H3;3-4,6-7,10H,2,5H2,1H3/b10-7+;. The first-order valence-corrected chi connectivity index (χ1v) is 7.68. The van der Waals surface area contributed by atoms with E-state index < -0.39 is 0 Å². The first-order chi connectivity index (χ1) is 10.0. The summed E-state index contributed by atoms with van der Waals surface area (Å²) in [6, 6.07) is 7.48. The van der Waals surface area contributed by atoms with Gasteiger partial charge >= 0.3 is 0 Å². The van der Waals surface area contributed by atoms with Gasteiger partial charge in [0.05, 0.1) is 6.61 Å². The molecule has 2 nitrogen and oxygen atoms in total. The van der Waals surface area contributed by atoms with Gasteiger partial charge in [0.25, 0.3) is 0 Å². The van der Waals surface area contributed by atoms with Crippen LogP contribution < -0.4 is 0 Å². The second-order valence-electron chi connectivity index (χ2n) is 5.43. The number of aromatic hydroxyl groups is 1. The van der Waals surface area contributed by atoms with Gasteiger partial charge in [0.2, 0.25) is 0 Å². The third-order valence-corrected chi connectivity index (χ3v) is 3.04. The quantitative estimate of drug-likeness (QED) is 0.722. The molecule has 0 saturated carbocycles. The lowest BCUT2D eigenvalue weighted by Crippen LogP contribution is -1.81. The molecule has 0 unspecified atom stereocenters. The van der Waals surface area contributed by atoms with Crippen LogP contribution in [0.4, 0.5) is 0 Å². The first-order valence-electron chi connectivity index (χ1n) is 7.68. The summed E-state index contributed by atoms with van der Waals surface area (Å²) in [7, 11) is 0. The molecule has 1 aromatic rings. The molecule has 118 valence electrons. The fourth-order valence-corrected chi connectivity index (χ4v) is 1.84. The molecule has 0 heterocycles. The van der Waals surface area contributed by atoms with Crippen molar-refractivity contribution in [2.75, 3.05) is 6.61 Å². The maximum absolute atomic E-state index is 9.24. The van der Waals surface area contributed by atoms with Crippen LogP contribution in [-0.2, 0) is 6.42 Å². The molecule has 0 spiro atoms. The molecule has 0 aromatic heterocycles. The predicted octanol–water partition coefficient (Wildman–Crippen LogP) is 5.02. The van der Waals surface area contributed by atoms with Crippen LogP contribution >= 0.6 is 0 Å². The van der Waals surface area contributed by atoms with Crippen molar-refractivity contribution in [3.63, 3.8) is 0 Å². The van der Waals surface area contributed by atoms with Gasteiger partial charge in [0.1, 0.15) is 5.75 Å². The van der Waals surface area contributed by atoms with E-state index in [-0.39, 0.29) is 6.61 Å². The van der Waals surface area contributed by atoms with Crippen molar-refractivity contribution < 1.29 is 10.2 Å². The monoisotopic (exact) mass is 290 g/mol. The molecule has 2 N–H and O–H groups in total. The van der Waals surface area contributed by atoms with E-state index in [0.717, 1.165) is 31.2 Å². The molecule has 0 aliphatic carbocycles. The maximum atomic E-state index is 9.24. The zero-order valence-electron chi connectivity index (χ0n) is 13.9. The second-order valence-corrected chi connectivity index (χ2v) is 5.43. The van der Waals surface area contributed by atoms with Crippen molar-refractivity contribution in [3.8, 4) is 5.75 Å². The Balaban J connectivity index is 0.000000382. The Hall–Kier alpha value is -1.54. The summed E-state index contributed by atoms with van der Waals surface area (Å²) in [4.78, 5) is 0. The minimum Gasteiger partial charge on any atom is -0.508 e. The highest BCUT2D eigenvalue weighted by molar-refractivity contribution is 5.31. The van der Waals surface area contributed by atoms with Gasteiger partial charge in [-0.25, -0.2) is 0 Å². The molecule has 0 saturated heterocycles. The van der Waals surface area contributed by atoms with Crippen LogP contribution in [-0.4, -0.2) is 16.8 Å². The fraction of sp³-hybridized carbons (Fsp3) is 0.474. The highest BCUT2D eigenvalue weighted by Crippen LogP contribution is 2.16. The molecule has 1 aromatic carbocycles. The number of benzene rings is 1. The number of phenols is 1. The highest BCUT2D eigenvalue weighted by atomic mass is 16.3.